The minimum Gasteiger partial charge on any atom is -0.453 e. The van der Waals surface area contributed by atoms with Crippen molar-refractivity contribution in [3.8, 4) is 11.3 Å². The molecule has 0 saturated carbocycles. The van der Waals surface area contributed by atoms with Crippen LogP contribution in [0.5, 0.6) is 0 Å². The van der Waals surface area contributed by atoms with Crippen molar-refractivity contribution in [2.75, 3.05) is 5.32 Å². The molecule has 0 aliphatic carbocycles. The van der Waals surface area contributed by atoms with Crippen molar-refractivity contribution in [3.63, 3.8) is 0 Å². The van der Waals surface area contributed by atoms with Gasteiger partial charge in [0.25, 0.3) is 0 Å². The van der Waals surface area contributed by atoms with E-state index in [2.05, 4.69) is 5.32 Å². The minimum absolute atomic E-state index is 0.143. The van der Waals surface area contributed by atoms with Crippen LogP contribution < -0.4 is 10.8 Å². The molecule has 0 fully saturated rings. The summed E-state index contributed by atoms with van der Waals surface area (Å²) in [5.74, 6) is 0.214. The lowest BCUT2D eigenvalue weighted by Crippen LogP contribution is -2.32. The molecule has 2 rings (SSSR count). The molecule has 6 nitrogen and oxygen atoms in total. The topological polar surface area (TPSA) is 99.8 Å². The Morgan fingerprint density at radius 1 is 1.30 bits per heavy atom. The smallest absolute Gasteiger partial charge is 0.453 e. The molecule has 0 radical (unpaired) electrons. The van der Waals surface area contributed by atoms with Crippen LogP contribution >= 0.6 is 0 Å². The Labute approximate surface area is 115 Å². The maximum atomic E-state index is 11.0. The zero-order valence-corrected chi connectivity index (χ0v) is 10.7. The third-order valence-corrected chi connectivity index (χ3v) is 2.66. The molecule has 0 saturated heterocycles. The predicted molar refractivity (Wildman–Crippen MR) is 73.7 cm³/mol. The summed E-state index contributed by atoms with van der Waals surface area (Å²) in [6, 6.07) is 7.66. The van der Waals surface area contributed by atoms with Gasteiger partial charge in [0.1, 0.15) is 5.76 Å². The van der Waals surface area contributed by atoms with Crippen molar-refractivity contribution in [2.45, 2.75) is 6.92 Å². The Morgan fingerprint density at radius 3 is 2.60 bits per heavy atom. The Hall–Kier alpha value is -2.38. The van der Waals surface area contributed by atoms with E-state index in [0.29, 0.717) is 23.3 Å². The fourth-order valence-electron chi connectivity index (χ4n) is 1.84. The summed E-state index contributed by atoms with van der Waals surface area (Å²) in [5, 5.41) is 21.4. The minimum atomic E-state index is -1.73. The maximum Gasteiger partial charge on any atom is 0.489 e. The normalized spacial score (nSPS) is 10.2. The van der Waals surface area contributed by atoms with Crippen molar-refractivity contribution in [3.05, 3.63) is 36.1 Å². The van der Waals surface area contributed by atoms with E-state index in [1.54, 1.807) is 18.2 Å². The molecule has 1 aromatic heterocycles. The Morgan fingerprint density at radius 2 is 2.05 bits per heavy atom. The van der Waals surface area contributed by atoms with E-state index in [9.17, 15) is 19.6 Å². The Balaban J connectivity index is 2.46. The van der Waals surface area contributed by atoms with Gasteiger partial charge in [-0.25, -0.2) is 0 Å². The largest absolute Gasteiger partial charge is 0.489 e. The molecule has 1 amide bonds. The second kappa shape index (κ2) is 5.73. The number of aldehydes is 1. The van der Waals surface area contributed by atoms with E-state index in [1.165, 1.54) is 19.1 Å². The number of amides is 1. The lowest BCUT2D eigenvalue weighted by molar-refractivity contribution is -0.114. The van der Waals surface area contributed by atoms with E-state index < -0.39 is 7.12 Å². The number of hydrogen-bond acceptors (Lipinski definition) is 5. The van der Waals surface area contributed by atoms with Gasteiger partial charge >= 0.3 is 7.12 Å². The van der Waals surface area contributed by atoms with Crippen LogP contribution in [0, 0.1) is 0 Å². The summed E-state index contributed by atoms with van der Waals surface area (Å²) in [7, 11) is -1.73. The first-order chi connectivity index (χ1) is 9.51. The SMILES string of the molecule is CC(=O)Nc1ccc(-c2ccc(C=O)o2)c(B(O)O)c1. The van der Waals surface area contributed by atoms with Gasteiger partial charge in [0.2, 0.25) is 5.91 Å². The first kappa shape index (κ1) is 14.0. The highest BCUT2D eigenvalue weighted by atomic mass is 16.4. The van der Waals surface area contributed by atoms with Crippen LogP contribution in [0.25, 0.3) is 11.3 Å². The predicted octanol–water partition coefficient (Wildman–Crippen LogP) is 0.397. The van der Waals surface area contributed by atoms with E-state index in [0.717, 1.165) is 0 Å². The van der Waals surface area contributed by atoms with E-state index >= 15 is 0 Å². The van der Waals surface area contributed by atoms with Crippen LogP contribution in [-0.4, -0.2) is 29.4 Å². The number of hydrogen-bond donors (Lipinski definition) is 3. The molecule has 0 bridgehead atoms. The summed E-state index contributed by atoms with van der Waals surface area (Å²) in [6.45, 7) is 1.35. The van der Waals surface area contributed by atoms with Crippen LogP contribution in [0.3, 0.4) is 0 Å². The number of anilines is 1. The number of carbonyl (C=O) groups excluding carboxylic acids is 2. The van der Waals surface area contributed by atoms with Crippen molar-refractivity contribution in [2.24, 2.45) is 0 Å². The number of furan rings is 1. The molecule has 7 heteroatoms. The van der Waals surface area contributed by atoms with Gasteiger partial charge in [0, 0.05) is 18.2 Å². The van der Waals surface area contributed by atoms with Crippen LogP contribution in [0.2, 0.25) is 0 Å². The fraction of sp³-hybridized carbons (Fsp3) is 0.0769. The molecule has 0 aliphatic heterocycles. The molecule has 2 aromatic rings. The average Bonchev–Trinajstić information content (AvgIpc) is 2.86. The zero-order valence-electron chi connectivity index (χ0n) is 10.7. The molecule has 0 atom stereocenters. The van der Waals surface area contributed by atoms with Crippen molar-refractivity contribution in [1.82, 2.24) is 0 Å². The Bertz CT molecular complexity index is 650. The van der Waals surface area contributed by atoms with Gasteiger partial charge < -0.3 is 19.8 Å². The number of nitrogens with one attached hydrogen (secondary N) is 1. The van der Waals surface area contributed by atoms with Gasteiger partial charge in [-0.15, -0.1) is 0 Å². The molecule has 0 spiro atoms. The van der Waals surface area contributed by atoms with Gasteiger partial charge in [0.15, 0.2) is 12.0 Å². The second-order valence-electron chi connectivity index (χ2n) is 4.18. The quantitative estimate of drug-likeness (QED) is 0.553. The molecule has 0 aliphatic rings. The molecule has 1 aromatic carbocycles. The fourth-order valence-corrected chi connectivity index (χ4v) is 1.84. The van der Waals surface area contributed by atoms with Crippen molar-refractivity contribution >= 4 is 30.5 Å². The van der Waals surface area contributed by atoms with Gasteiger partial charge in [-0.1, -0.05) is 0 Å². The second-order valence-corrected chi connectivity index (χ2v) is 4.18. The molecule has 102 valence electrons. The van der Waals surface area contributed by atoms with Crippen molar-refractivity contribution in [1.29, 1.82) is 0 Å². The molecule has 0 unspecified atom stereocenters. The highest BCUT2D eigenvalue weighted by Gasteiger charge is 2.20. The lowest BCUT2D eigenvalue weighted by atomic mass is 9.76. The lowest BCUT2D eigenvalue weighted by Gasteiger charge is -2.10. The summed E-state index contributed by atoms with van der Waals surface area (Å²) in [4.78, 5) is 21.6. The number of benzene rings is 1. The standard InChI is InChI=1S/C13H12BNO5/c1-8(17)15-9-2-4-11(12(6-9)14(18)19)13-5-3-10(7-16)20-13/h2-7,18-19H,1H3,(H,15,17). The van der Waals surface area contributed by atoms with E-state index in [-0.39, 0.29) is 17.1 Å². The summed E-state index contributed by atoms with van der Waals surface area (Å²) in [6.07, 6.45) is 0.560. The average molecular weight is 273 g/mol. The summed E-state index contributed by atoms with van der Waals surface area (Å²) in [5.41, 5.74) is 1.04. The number of rotatable bonds is 4. The Kier molecular flexibility index (Phi) is 4.02. The van der Waals surface area contributed by atoms with Crippen LogP contribution in [0.15, 0.2) is 34.7 Å². The highest BCUT2D eigenvalue weighted by Crippen LogP contribution is 2.22. The van der Waals surface area contributed by atoms with Crippen molar-refractivity contribution < 1.29 is 24.1 Å². The maximum absolute atomic E-state index is 11.0. The molecule has 20 heavy (non-hydrogen) atoms. The van der Waals surface area contributed by atoms with Crippen LogP contribution in [-0.2, 0) is 4.79 Å². The third-order valence-electron chi connectivity index (χ3n) is 2.66. The molecule has 1 heterocycles. The third kappa shape index (κ3) is 2.96. The monoisotopic (exact) mass is 273 g/mol. The molecule has 3 N–H and O–H groups in total. The highest BCUT2D eigenvalue weighted by molar-refractivity contribution is 6.60. The van der Waals surface area contributed by atoms with E-state index in [1.807, 2.05) is 0 Å². The summed E-state index contributed by atoms with van der Waals surface area (Å²) >= 11 is 0. The van der Waals surface area contributed by atoms with Gasteiger partial charge in [-0.2, -0.15) is 0 Å². The van der Waals surface area contributed by atoms with Crippen LogP contribution in [0.1, 0.15) is 17.5 Å². The van der Waals surface area contributed by atoms with Crippen LogP contribution in [0.4, 0.5) is 5.69 Å². The molecular formula is C13H12BNO5. The first-order valence-electron chi connectivity index (χ1n) is 5.84. The van der Waals surface area contributed by atoms with E-state index in [4.69, 9.17) is 4.42 Å². The molecular weight excluding hydrogens is 261 g/mol. The first-order valence-corrected chi connectivity index (χ1v) is 5.84. The van der Waals surface area contributed by atoms with Gasteiger partial charge in [-0.05, 0) is 35.8 Å². The number of carbonyl (C=O) groups is 2. The van der Waals surface area contributed by atoms with Gasteiger partial charge in [-0.3, -0.25) is 9.59 Å². The zero-order chi connectivity index (χ0) is 14.7. The summed E-state index contributed by atoms with van der Waals surface area (Å²) < 4.78 is 5.25. The van der Waals surface area contributed by atoms with Gasteiger partial charge in [0.05, 0.1) is 0 Å².